The van der Waals surface area contributed by atoms with Gasteiger partial charge in [0.1, 0.15) is 0 Å². The molecule has 0 fully saturated rings. The molecule has 22 heavy (non-hydrogen) atoms. The average molecular weight is 318 g/mol. The third kappa shape index (κ3) is 5.61. The van der Waals surface area contributed by atoms with Crippen molar-refractivity contribution in [3.05, 3.63) is 35.4 Å². The maximum Gasteiger partial charge on any atom is 0.416 e. The highest BCUT2D eigenvalue weighted by Gasteiger charge is 2.30. The zero-order valence-electron chi connectivity index (χ0n) is 13.1. The van der Waals surface area contributed by atoms with Gasteiger partial charge in [-0.15, -0.1) is 0 Å². The van der Waals surface area contributed by atoms with Crippen molar-refractivity contribution in [3.8, 4) is 0 Å². The Labute approximate surface area is 130 Å². The van der Waals surface area contributed by atoms with Crippen LogP contribution in [0, 0.1) is 11.8 Å². The van der Waals surface area contributed by atoms with E-state index < -0.39 is 17.8 Å². The van der Waals surface area contributed by atoms with Crippen molar-refractivity contribution in [3.63, 3.8) is 0 Å². The second kappa shape index (κ2) is 8.53. The lowest BCUT2D eigenvalue weighted by Crippen LogP contribution is -2.29. The van der Waals surface area contributed by atoms with Crippen LogP contribution in [0.5, 0.6) is 0 Å². The van der Waals surface area contributed by atoms with Crippen LogP contribution in [0.15, 0.2) is 24.3 Å². The van der Waals surface area contributed by atoms with Crippen LogP contribution in [0.2, 0.25) is 0 Å². The molecule has 0 spiro atoms. The third-order valence-corrected chi connectivity index (χ3v) is 4.13. The summed E-state index contributed by atoms with van der Waals surface area (Å²) in [5.74, 6) is -0.199. The Morgan fingerprint density at radius 3 is 2.14 bits per heavy atom. The lowest BCUT2D eigenvalue weighted by Gasteiger charge is -2.28. The molecule has 0 saturated carbocycles. The fraction of sp³-hybridized carbons (Fsp3) is 0.647. The van der Waals surface area contributed by atoms with E-state index >= 15 is 0 Å². The van der Waals surface area contributed by atoms with E-state index in [4.69, 9.17) is 0 Å². The quantitative estimate of drug-likeness (QED) is 0.759. The summed E-state index contributed by atoms with van der Waals surface area (Å²) in [7, 11) is 0. The van der Waals surface area contributed by atoms with E-state index in [1.807, 2.05) is 0 Å². The molecule has 0 heterocycles. The van der Waals surface area contributed by atoms with Crippen molar-refractivity contribution >= 4 is 0 Å². The molecule has 0 unspecified atom stereocenters. The molecule has 0 radical (unpaired) electrons. The molecule has 1 aromatic carbocycles. The molecule has 126 valence electrons. The molecule has 0 bridgehead atoms. The van der Waals surface area contributed by atoms with E-state index in [0.717, 1.165) is 37.0 Å². The molecule has 1 aromatic rings. The summed E-state index contributed by atoms with van der Waals surface area (Å²) < 4.78 is 37.6. The molecule has 3 atom stereocenters. The Morgan fingerprint density at radius 2 is 1.73 bits per heavy atom. The first-order chi connectivity index (χ1) is 10.3. The first-order valence-corrected chi connectivity index (χ1v) is 7.74. The predicted octanol–water partition coefficient (Wildman–Crippen LogP) is 4.04. The van der Waals surface area contributed by atoms with Crippen LogP contribution >= 0.6 is 0 Å². The second-order valence-electron chi connectivity index (χ2n) is 5.89. The maximum atomic E-state index is 12.5. The number of unbranched alkanes of at least 4 members (excludes halogenated alkanes) is 1. The number of benzene rings is 1. The van der Waals surface area contributed by atoms with Crippen LogP contribution in [0.25, 0.3) is 0 Å². The molecule has 0 aromatic heterocycles. The van der Waals surface area contributed by atoms with Crippen molar-refractivity contribution in [1.29, 1.82) is 0 Å². The Bertz CT molecular complexity index is 427. The van der Waals surface area contributed by atoms with Crippen LogP contribution in [-0.2, 0) is 12.6 Å². The standard InChI is InChI=1S/C17H25F3O2/c1-3-4-5-16(12(2)22)14(11-21)10-13-6-8-15(9-7-13)17(18,19)20/h6-9,12,14,16,21-22H,3-5,10-11H2,1-2H3/t12-,14-,16-/m0/s1. The summed E-state index contributed by atoms with van der Waals surface area (Å²) in [6.45, 7) is 3.68. The number of hydrogen-bond acceptors (Lipinski definition) is 2. The van der Waals surface area contributed by atoms with E-state index in [1.54, 1.807) is 6.92 Å². The molecule has 1 rings (SSSR count). The molecule has 2 N–H and O–H groups in total. The van der Waals surface area contributed by atoms with Gasteiger partial charge in [-0.1, -0.05) is 31.9 Å². The Balaban J connectivity index is 2.79. The highest BCUT2D eigenvalue weighted by atomic mass is 19.4. The maximum absolute atomic E-state index is 12.5. The number of aliphatic hydroxyl groups excluding tert-OH is 2. The normalized spacial score (nSPS) is 16.3. The van der Waals surface area contributed by atoms with Crippen molar-refractivity contribution in [2.75, 3.05) is 6.61 Å². The number of halogens is 3. The first kappa shape index (κ1) is 19.0. The fourth-order valence-corrected chi connectivity index (χ4v) is 2.79. The van der Waals surface area contributed by atoms with E-state index in [-0.39, 0.29) is 18.4 Å². The van der Waals surface area contributed by atoms with Crippen LogP contribution in [0.4, 0.5) is 13.2 Å². The predicted molar refractivity (Wildman–Crippen MR) is 80.4 cm³/mol. The number of hydrogen-bond donors (Lipinski definition) is 2. The summed E-state index contributed by atoms with van der Waals surface area (Å²) in [4.78, 5) is 0. The van der Waals surface area contributed by atoms with Crippen molar-refractivity contribution < 1.29 is 23.4 Å². The average Bonchev–Trinajstić information content (AvgIpc) is 2.45. The van der Waals surface area contributed by atoms with Crippen LogP contribution in [-0.4, -0.2) is 22.9 Å². The molecule has 0 aliphatic carbocycles. The molecular weight excluding hydrogens is 293 g/mol. The van der Waals surface area contributed by atoms with E-state index in [9.17, 15) is 23.4 Å². The molecular formula is C17H25F3O2. The summed E-state index contributed by atoms with van der Waals surface area (Å²) in [5.41, 5.74) is 0.0732. The van der Waals surface area contributed by atoms with Crippen molar-refractivity contribution in [2.45, 2.75) is 51.8 Å². The van der Waals surface area contributed by atoms with E-state index in [0.29, 0.717) is 6.42 Å². The van der Waals surface area contributed by atoms with Gasteiger partial charge in [0.15, 0.2) is 0 Å². The topological polar surface area (TPSA) is 40.5 Å². The summed E-state index contributed by atoms with van der Waals surface area (Å²) in [6.07, 6.45) is -1.65. The SMILES string of the molecule is CCCC[C@H]([C@H](CO)Cc1ccc(C(F)(F)F)cc1)[C@H](C)O. The van der Waals surface area contributed by atoms with E-state index in [1.165, 1.54) is 12.1 Å². The highest BCUT2D eigenvalue weighted by Crippen LogP contribution is 2.30. The van der Waals surface area contributed by atoms with Gasteiger partial charge in [-0.2, -0.15) is 13.2 Å². The molecule has 0 aliphatic rings. The molecule has 0 saturated heterocycles. The smallest absolute Gasteiger partial charge is 0.396 e. The summed E-state index contributed by atoms with van der Waals surface area (Å²) in [6, 6.07) is 5.02. The van der Waals surface area contributed by atoms with Gasteiger partial charge < -0.3 is 10.2 Å². The number of rotatable bonds is 8. The van der Waals surface area contributed by atoms with Crippen molar-refractivity contribution in [1.82, 2.24) is 0 Å². The monoisotopic (exact) mass is 318 g/mol. The van der Waals surface area contributed by atoms with Gasteiger partial charge in [0.25, 0.3) is 0 Å². The van der Waals surface area contributed by atoms with Gasteiger partial charge >= 0.3 is 6.18 Å². The zero-order chi connectivity index (χ0) is 16.8. The Morgan fingerprint density at radius 1 is 1.14 bits per heavy atom. The number of alkyl halides is 3. The highest BCUT2D eigenvalue weighted by molar-refractivity contribution is 5.25. The van der Waals surface area contributed by atoms with Gasteiger partial charge in [-0.25, -0.2) is 0 Å². The molecule has 0 aliphatic heterocycles. The van der Waals surface area contributed by atoms with E-state index in [2.05, 4.69) is 6.92 Å². The minimum atomic E-state index is -4.34. The third-order valence-electron chi connectivity index (χ3n) is 4.13. The molecule has 5 heteroatoms. The summed E-state index contributed by atoms with van der Waals surface area (Å²) >= 11 is 0. The fourth-order valence-electron chi connectivity index (χ4n) is 2.79. The van der Waals surface area contributed by atoms with Gasteiger partial charge in [-0.05, 0) is 49.3 Å². The van der Waals surface area contributed by atoms with Crippen molar-refractivity contribution in [2.24, 2.45) is 11.8 Å². The summed E-state index contributed by atoms with van der Waals surface area (Å²) in [5, 5.41) is 19.5. The Hall–Kier alpha value is -1.07. The van der Waals surface area contributed by atoms with Crippen LogP contribution < -0.4 is 0 Å². The number of aliphatic hydroxyl groups is 2. The lowest BCUT2D eigenvalue weighted by atomic mass is 9.81. The Kier molecular flexibility index (Phi) is 7.36. The molecule has 0 amide bonds. The van der Waals surface area contributed by atoms with Gasteiger partial charge in [0.05, 0.1) is 11.7 Å². The minimum Gasteiger partial charge on any atom is -0.396 e. The first-order valence-electron chi connectivity index (χ1n) is 7.74. The largest absolute Gasteiger partial charge is 0.416 e. The molecule has 2 nitrogen and oxygen atoms in total. The lowest BCUT2D eigenvalue weighted by molar-refractivity contribution is -0.137. The zero-order valence-corrected chi connectivity index (χ0v) is 13.1. The van der Waals surface area contributed by atoms with Crippen LogP contribution in [0.1, 0.15) is 44.2 Å². The van der Waals surface area contributed by atoms with Gasteiger partial charge in [0, 0.05) is 6.61 Å². The van der Waals surface area contributed by atoms with Gasteiger partial charge in [0.2, 0.25) is 0 Å². The van der Waals surface area contributed by atoms with Gasteiger partial charge in [-0.3, -0.25) is 0 Å². The van der Waals surface area contributed by atoms with Crippen LogP contribution in [0.3, 0.4) is 0 Å². The second-order valence-corrected chi connectivity index (χ2v) is 5.89. The minimum absolute atomic E-state index is 0.0488.